The second kappa shape index (κ2) is 11.4. The van der Waals surface area contributed by atoms with Crippen LogP contribution in [-0.2, 0) is 0 Å². The fraction of sp³-hybridized carbons (Fsp3) is 0.200. The third kappa shape index (κ3) is 7.26. The highest BCUT2D eigenvalue weighted by molar-refractivity contribution is 6.31. The summed E-state index contributed by atoms with van der Waals surface area (Å²) in [7, 11) is 0. The van der Waals surface area contributed by atoms with Gasteiger partial charge in [0.05, 0.1) is 24.6 Å². The molecule has 9 heteroatoms. The second-order valence-electron chi connectivity index (χ2n) is 6.00. The van der Waals surface area contributed by atoms with E-state index in [1.807, 2.05) is 0 Å². The van der Waals surface area contributed by atoms with E-state index in [0.29, 0.717) is 11.1 Å². The molecule has 0 radical (unpaired) electrons. The number of nitrogens with one attached hydrogen (secondary N) is 2. The lowest BCUT2D eigenvalue weighted by molar-refractivity contribution is -0.00975. The van der Waals surface area contributed by atoms with Crippen molar-refractivity contribution in [2.24, 2.45) is 10.2 Å². The molecule has 0 spiro atoms. The van der Waals surface area contributed by atoms with E-state index in [-0.39, 0.29) is 12.1 Å². The van der Waals surface area contributed by atoms with Crippen LogP contribution in [-0.4, -0.2) is 57.9 Å². The first-order valence-electron chi connectivity index (χ1n) is 8.78. The van der Waals surface area contributed by atoms with Gasteiger partial charge in [0.15, 0.2) is 0 Å². The normalized spacial score (nSPS) is 13.7. The number of hydrogen-bond acceptors (Lipinski definition) is 7. The number of aliphatic hydroxyl groups excluding tert-OH is 3. The Morgan fingerprint density at radius 1 is 0.862 bits per heavy atom. The molecule has 0 heterocycles. The van der Waals surface area contributed by atoms with E-state index in [1.54, 1.807) is 60.7 Å². The lowest BCUT2D eigenvalue weighted by Gasteiger charge is -2.15. The van der Waals surface area contributed by atoms with Gasteiger partial charge in [-0.05, 0) is 24.3 Å². The van der Waals surface area contributed by atoms with Crippen LogP contribution < -0.4 is 10.9 Å². The van der Waals surface area contributed by atoms with Crippen molar-refractivity contribution in [1.82, 2.24) is 10.9 Å². The molecule has 0 aliphatic carbocycles. The molecule has 0 saturated heterocycles. The number of aliphatic hydroxyl groups is 3. The fourth-order valence-corrected chi connectivity index (χ4v) is 2.20. The van der Waals surface area contributed by atoms with Crippen molar-refractivity contribution in [2.45, 2.75) is 18.6 Å². The Morgan fingerprint density at radius 2 is 1.38 bits per heavy atom. The minimum absolute atomic E-state index is 0.0719. The van der Waals surface area contributed by atoms with E-state index in [0.717, 1.165) is 6.21 Å². The molecule has 2 atom stereocenters. The minimum Gasteiger partial charge on any atom is -0.394 e. The lowest BCUT2D eigenvalue weighted by atomic mass is 10.1. The van der Waals surface area contributed by atoms with Gasteiger partial charge in [0.1, 0.15) is 6.10 Å². The van der Waals surface area contributed by atoms with Crippen molar-refractivity contribution in [3.8, 4) is 0 Å². The summed E-state index contributed by atoms with van der Waals surface area (Å²) in [5.41, 5.74) is 5.48. The van der Waals surface area contributed by atoms with E-state index < -0.39 is 30.6 Å². The zero-order chi connectivity index (χ0) is 21.1. The van der Waals surface area contributed by atoms with E-state index in [9.17, 15) is 19.8 Å². The van der Waals surface area contributed by atoms with Crippen LogP contribution in [0.5, 0.6) is 0 Å². The summed E-state index contributed by atoms with van der Waals surface area (Å²) in [4.78, 5) is 24.1. The van der Waals surface area contributed by atoms with E-state index in [4.69, 9.17) is 5.11 Å². The molecule has 0 fully saturated rings. The van der Waals surface area contributed by atoms with Crippen molar-refractivity contribution in [1.29, 1.82) is 0 Å². The van der Waals surface area contributed by atoms with E-state index in [2.05, 4.69) is 21.1 Å². The molecule has 2 amide bonds. The number of carbonyl (C=O) groups excluding carboxylic acids is 2. The van der Waals surface area contributed by atoms with Crippen molar-refractivity contribution < 1.29 is 24.9 Å². The molecular formula is C20H22N4O5. The monoisotopic (exact) mass is 398 g/mol. The quantitative estimate of drug-likeness (QED) is 0.305. The SMILES string of the molecule is O=C(N/N=C\C(C[C@@H](O)[C@H](O)CO)=N/NC(=O)c1ccccc1)c1ccccc1. The van der Waals surface area contributed by atoms with E-state index in [1.165, 1.54) is 0 Å². The number of benzene rings is 2. The van der Waals surface area contributed by atoms with Crippen LogP contribution in [0.25, 0.3) is 0 Å². The van der Waals surface area contributed by atoms with Crippen molar-refractivity contribution >= 4 is 23.7 Å². The molecule has 2 aromatic rings. The molecule has 9 nitrogen and oxygen atoms in total. The molecule has 29 heavy (non-hydrogen) atoms. The molecule has 0 saturated carbocycles. The predicted molar refractivity (Wildman–Crippen MR) is 107 cm³/mol. The molecule has 0 bridgehead atoms. The lowest BCUT2D eigenvalue weighted by Crippen LogP contribution is -2.33. The van der Waals surface area contributed by atoms with Gasteiger partial charge in [-0.25, -0.2) is 10.9 Å². The summed E-state index contributed by atoms with van der Waals surface area (Å²) < 4.78 is 0. The highest BCUT2D eigenvalue weighted by atomic mass is 16.4. The number of amides is 2. The van der Waals surface area contributed by atoms with Gasteiger partial charge in [-0.1, -0.05) is 36.4 Å². The average molecular weight is 398 g/mol. The Kier molecular flexibility index (Phi) is 8.64. The van der Waals surface area contributed by atoms with Crippen molar-refractivity contribution in [2.75, 3.05) is 6.61 Å². The summed E-state index contributed by atoms with van der Waals surface area (Å²) in [5, 5.41) is 36.1. The highest BCUT2D eigenvalue weighted by Crippen LogP contribution is 2.02. The van der Waals surface area contributed by atoms with Gasteiger partial charge < -0.3 is 15.3 Å². The summed E-state index contributed by atoms with van der Waals surface area (Å²) in [5.74, 6) is -0.938. The summed E-state index contributed by atoms with van der Waals surface area (Å²) in [6.45, 7) is -0.646. The Bertz CT molecular complexity index is 856. The maximum absolute atomic E-state index is 12.1. The first-order valence-corrected chi connectivity index (χ1v) is 8.78. The number of hydrogen-bond donors (Lipinski definition) is 5. The highest BCUT2D eigenvalue weighted by Gasteiger charge is 2.17. The largest absolute Gasteiger partial charge is 0.394 e. The smallest absolute Gasteiger partial charge is 0.271 e. The number of nitrogens with zero attached hydrogens (tertiary/aromatic N) is 2. The van der Waals surface area contributed by atoms with Gasteiger partial charge in [-0.15, -0.1) is 0 Å². The first-order chi connectivity index (χ1) is 14.0. The van der Waals surface area contributed by atoms with Gasteiger partial charge >= 0.3 is 0 Å². The third-order valence-electron chi connectivity index (χ3n) is 3.80. The van der Waals surface area contributed by atoms with Gasteiger partial charge in [0.2, 0.25) is 0 Å². The van der Waals surface area contributed by atoms with Crippen LogP contribution in [0.1, 0.15) is 27.1 Å². The van der Waals surface area contributed by atoms with Gasteiger partial charge in [-0.3, -0.25) is 9.59 Å². The number of rotatable bonds is 9. The molecule has 0 unspecified atom stereocenters. The van der Waals surface area contributed by atoms with Crippen LogP contribution in [0.4, 0.5) is 0 Å². The Balaban J connectivity index is 2.07. The minimum atomic E-state index is -1.39. The van der Waals surface area contributed by atoms with Gasteiger partial charge in [0, 0.05) is 17.5 Å². The zero-order valence-corrected chi connectivity index (χ0v) is 15.5. The summed E-state index contributed by atoms with van der Waals surface area (Å²) in [6, 6.07) is 16.8. The Labute approximate surface area is 167 Å². The van der Waals surface area contributed by atoms with Crippen LogP contribution in [0.2, 0.25) is 0 Å². The second-order valence-corrected chi connectivity index (χ2v) is 6.00. The molecule has 152 valence electrons. The maximum atomic E-state index is 12.1. The summed E-state index contributed by atoms with van der Waals surface area (Å²) >= 11 is 0. The molecular weight excluding hydrogens is 376 g/mol. The molecule has 5 N–H and O–H groups in total. The zero-order valence-electron chi connectivity index (χ0n) is 15.5. The predicted octanol–water partition coefficient (Wildman–Crippen LogP) is 0.292. The van der Waals surface area contributed by atoms with Crippen LogP contribution in [0.3, 0.4) is 0 Å². The van der Waals surface area contributed by atoms with Gasteiger partial charge in [0.25, 0.3) is 11.8 Å². The third-order valence-corrected chi connectivity index (χ3v) is 3.80. The molecule has 2 aromatic carbocycles. The number of carbonyl (C=O) groups is 2. The molecule has 0 aliphatic heterocycles. The van der Waals surface area contributed by atoms with Gasteiger partial charge in [-0.2, -0.15) is 10.2 Å². The summed E-state index contributed by atoms with van der Waals surface area (Å²) in [6.07, 6.45) is -1.82. The Morgan fingerprint density at radius 3 is 1.90 bits per heavy atom. The van der Waals surface area contributed by atoms with Crippen LogP contribution in [0.15, 0.2) is 70.9 Å². The van der Waals surface area contributed by atoms with Crippen LogP contribution >= 0.6 is 0 Å². The topological polar surface area (TPSA) is 144 Å². The maximum Gasteiger partial charge on any atom is 0.271 e. The standard InChI is InChI=1S/C20H22N4O5/c25-13-18(27)17(26)11-16(22-24-20(29)15-9-5-2-6-10-15)12-21-23-19(28)14-7-3-1-4-8-14/h1-10,12,17-18,25-27H,11,13H2,(H,23,28)(H,24,29)/b21-12-,22-16-/t17-,18-/m1/s1. The first kappa shape index (κ1) is 21.9. The molecule has 0 aliphatic rings. The molecule has 2 rings (SSSR count). The average Bonchev–Trinajstić information content (AvgIpc) is 2.77. The Hall–Kier alpha value is -3.40. The van der Waals surface area contributed by atoms with Crippen LogP contribution in [0, 0.1) is 0 Å². The van der Waals surface area contributed by atoms with E-state index >= 15 is 0 Å². The fourth-order valence-electron chi connectivity index (χ4n) is 2.20. The van der Waals surface area contributed by atoms with Crippen molar-refractivity contribution in [3.05, 3.63) is 71.8 Å². The van der Waals surface area contributed by atoms with Crippen molar-refractivity contribution in [3.63, 3.8) is 0 Å². The number of hydrazone groups is 2. The molecule has 0 aromatic heterocycles.